The molecule has 1 fully saturated rings. The van der Waals surface area contributed by atoms with Crippen molar-refractivity contribution in [2.24, 2.45) is 0 Å². The van der Waals surface area contributed by atoms with Gasteiger partial charge in [-0.3, -0.25) is 0 Å². The molecular formula is C36H39N. The molecule has 7 rings (SSSR count). The van der Waals surface area contributed by atoms with Crippen molar-refractivity contribution in [1.29, 1.82) is 0 Å². The van der Waals surface area contributed by atoms with Crippen LogP contribution in [0.3, 0.4) is 0 Å². The average Bonchev–Trinajstić information content (AvgIpc) is 2.85. The highest BCUT2D eigenvalue weighted by molar-refractivity contribution is 5.79. The van der Waals surface area contributed by atoms with Gasteiger partial charge in [0.05, 0.1) is 0 Å². The van der Waals surface area contributed by atoms with E-state index in [2.05, 4.69) is 125 Å². The molecule has 1 saturated carbocycles. The number of fused-ring (bicyclic) bond motifs is 2. The van der Waals surface area contributed by atoms with E-state index in [4.69, 9.17) is 0 Å². The first-order valence-electron chi connectivity index (χ1n) is 13.9. The van der Waals surface area contributed by atoms with Gasteiger partial charge < -0.3 is 4.90 Å². The molecule has 188 valence electrons. The van der Waals surface area contributed by atoms with E-state index in [0.717, 1.165) is 0 Å². The lowest BCUT2D eigenvalue weighted by molar-refractivity contribution is 0.188. The van der Waals surface area contributed by atoms with Gasteiger partial charge in [-0.1, -0.05) is 56.3 Å². The van der Waals surface area contributed by atoms with Crippen molar-refractivity contribution in [3.05, 3.63) is 112 Å². The maximum atomic E-state index is 2.51. The predicted octanol–water partition coefficient (Wildman–Crippen LogP) is 10.2. The van der Waals surface area contributed by atoms with E-state index in [1.165, 1.54) is 76.1 Å². The zero-order valence-corrected chi connectivity index (χ0v) is 23.3. The average molecular weight is 486 g/mol. The van der Waals surface area contributed by atoms with Crippen LogP contribution < -0.4 is 4.90 Å². The molecule has 0 aliphatic heterocycles. The maximum absolute atomic E-state index is 2.51. The Morgan fingerprint density at radius 2 is 0.892 bits per heavy atom. The lowest BCUT2D eigenvalue weighted by Gasteiger charge is -2.52. The Bertz CT molecular complexity index is 1390. The van der Waals surface area contributed by atoms with Crippen LogP contribution in [-0.4, -0.2) is 0 Å². The van der Waals surface area contributed by atoms with E-state index >= 15 is 0 Å². The Hall–Kier alpha value is -3.32. The molecule has 4 aromatic carbocycles. The first kappa shape index (κ1) is 24.0. The number of rotatable bonds is 4. The maximum Gasteiger partial charge on any atom is 0.0466 e. The van der Waals surface area contributed by atoms with Gasteiger partial charge in [0, 0.05) is 17.1 Å². The fraction of sp³-hybridized carbons (Fsp3) is 0.333. The molecule has 0 N–H and O–H groups in total. The number of anilines is 3. The van der Waals surface area contributed by atoms with E-state index in [9.17, 15) is 0 Å². The number of benzene rings is 4. The summed E-state index contributed by atoms with van der Waals surface area (Å²) in [6.45, 7) is 13.7. The third-order valence-corrected chi connectivity index (χ3v) is 9.17. The van der Waals surface area contributed by atoms with Crippen LogP contribution in [0.1, 0.15) is 72.9 Å². The van der Waals surface area contributed by atoms with Crippen molar-refractivity contribution < 1.29 is 0 Å². The molecule has 1 nitrogen and oxygen atoms in total. The minimum Gasteiger partial charge on any atom is -0.310 e. The number of hydrogen-bond acceptors (Lipinski definition) is 1. The summed E-state index contributed by atoms with van der Waals surface area (Å²) in [5.41, 5.74) is 15.3. The molecule has 4 aromatic rings. The normalized spacial score (nSPS) is 22.1. The molecule has 2 bridgehead atoms. The Kier molecular flexibility index (Phi) is 5.60. The molecule has 0 heterocycles. The monoisotopic (exact) mass is 485 g/mol. The Morgan fingerprint density at radius 3 is 1.38 bits per heavy atom. The van der Waals surface area contributed by atoms with Crippen LogP contribution in [0.4, 0.5) is 17.1 Å². The second-order valence-corrected chi connectivity index (χ2v) is 12.5. The summed E-state index contributed by atoms with van der Waals surface area (Å²) in [5, 5.41) is 0. The van der Waals surface area contributed by atoms with Crippen LogP contribution in [0.5, 0.6) is 0 Å². The van der Waals surface area contributed by atoms with Crippen molar-refractivity contribution >= 4 is 17.1 Å². The lowest BCUT2D eigenvalue weighted by Crippen LogP contribution is -2.44. The van der Waals surface area contributed by atoms with Gasteiger partial charge in [0.15, 0.2) is 0 Å². The van der Waals surface area contributed by atoms with E-state index in [-0.39, 0.29) is 0 Å². The van der Waals surface area contributed by atoms with Gasteiger partial charge >= 0.3 is 0 Å². The minimum absolute atomic E-state index is 0.339. The van der Waals surface area contributed by atoms with Crippen LogP contribution >= 0.6 is 0 Å². The van der Waals surface area contributed by atoms with E-state index in [0.29, 0.717) is 10.8 Å². The summed E-state index contributed by atoms with van der Waals surface area (Å²) in [5.74, 6) is 0. The van der Waals surface area contributed by atoms with Crippen LogP contribution in [-0.2, 0) is 10.8 Å². The van der Waals surface area contributed by atoms with Crippen LogP contribution in [0.2, 0.25) is 0 Å². The topological polar surface area (TPSA) is 3.24 Å². The Balaban J connectivity index is 1.42. The molecule has 0 unspecified atom stereocenters. The zero-order valence-electron chi connectivity index (χ0n) is 23.3. The standard InChI is InChI=1S/C36H39N/c1-24-17-25(2)20-31(19-24)37(32-21-26(3)18-27(4)22-32)30-10-7-28(8-11-30)29-9-12-33-34(23-29)36(6)15-13-35(33,5)14-16-36/h7-12,17-23H,13-16H2,1-6H3. The molecule has 37 heavy (non-hydrogen) atoms. The van der Waals surface area contributed by atoms with Gasteiger partial charge in [0.2, 0.25) is 0 Å². The summed E-state index contributed by atoms with van der Waals surface area (Å²) in [4.78, 5) is 2.40. The molecule has 1 heteroatoms. The van der Waals surface area contributed by atoms with Crippen LogP contribution in [0.25, 0.3) is 11.1 Å². The molecular weight excluding hydrogens is 446 g/mol. The smallest absolute Gasteiger partial charge is 0.0466 e. The van der Waals surface area contributed by atoms with Gasteiger partial charge in [-0.05, 0) is 145 Å². The second-order valence-electron chi connectivity index (χ2n) is 12.5. The van der Waals surface area contributed by atoms with Gasteiger partial charge in [-0.15, -0.1) is 0 Å². The molecule has 3 aliphatic rings. The molecule has 3 aliphatic carbocycles. The van der Waals surface area contributed by atoms with Crippen molar-refractivity contribution in [3.8, 4) is 11.1 Å². The fourth-order valence-corrected chi connectivity index (χ4v) is 7.05. The van der Waals surface area contributed by atoms with Crippen molar-refractivity contribution in [3.63, 3.8) is 0 Å². The lowest BCUT2D eigenvalue weighted by atomic mass is 9.52. The summed E-state index contributed by atoms with van der Waals surface area (Å²) in [7, 11) is 0. The van der Waals surface area contributed by atoms with Crippen molar-refractivity contribution in [2.75, 3.05) is 4.90 Å². The molecule has 0 saturated heterocycles. The fourth-order valence-electron chi connectivity index (χ4n) is 7.05. The molecule has 0 amide bonds. The number of nitrogens with zero attached hydrogens (tertiary/aromatic N) is 1. The summed E-state index contributed by atoms with van der Waals surface area (Å²) in [6, 6.07) is 30.1. The molecule has 0 aromatic heterocycles. The molecule has 0 atom stereocenters. The third kappa shape index (κ3) is 4.19. The SMILES string of the molecule is Cc1cc(C)cc(N(c2ccc(-c3ccc4c(c3)C3(C)CCC4(C)CC3)cc2)c2cc(C)cc(C)c2)c1. The molecule has 0 spiro atoms. The van der Waals surface area contributed by atoms with Gasteiger partial charge in [0.1, 0.15) is 0 Å². The number of aryl methyl sites for hydroxylation is 4. The van der Waals surface area contributed by atoms with E-state index in [1.54, 1.807) is 11.1 Å². The van der Waals surface area contributed by atoms with Crippen molar-refractivity contribution in [2.45, 2.75) is 78.1 Å². The van der Waals surface area contributed by atoms with Crippen LogP contribution in [0.15, 0.2) is 78.9 Å². The predicted molar refractivity (Wildman–Crippen MR) is 159 cm³/mol. The Morgan fingerprint density at radius 1 is 0.459 bits per heavy atom. The summed E-state index contributed by atoms with van der Waals surface area (Å²) < 4.78 is 0. The zero-order chi connectivity index (χ0) is 25.9. The highest BCUT2D eigenvalue weighted by Gasteiger charge is 2.47. The quantitative estimate of drug-likeness (QED) is 0.278. The highest BCUT2D eigenvalue weighted by Crippen LogP contribution is 2.56. The highest BCUT2D eigenvalue weighted by atomic mass is 15.1. The summed E-state index contributed by atoms with van der Waals surface area (Å²) in [6.07, 6.45) is 5.30. The largest absolute Gasteiger partial charge is 0.310 e. The van der Waals surface area contributed by atoms with E-state index in [1.807, 2.05) is 0 Å². The molecule has 0 radical (unpaired) electrons. The second kappa shape index (κ2) is 8.62. The van der Waals surface area contributed by atoms with Crippen molar-refractivity contribution in [1.82, 2.24) is 0 Å². The first-order chi connectivity index (χ1) is 17.6. The minimum atomic E-state index is 0.339. The summed E-state index contributed by atoms with van der Waals surface area (Å²) >= 11 is 0. The van der Waals surface area contributed by atoms with Crippen LogP contribution in [0, 0.1) is 27.7 Å². The van der Waals surface area contributed by atoms with Gasteiger partial charge in [-0.2, -0.15) is 0 Å². The number of hydrogen-bond donors (Lipinski definition) is 0. The van der Waals surface area contributed by atoms with Gasteiger partial charge in [0.25, 0.3) is 0 Å². The first-order valence-corrected chi connectivity index (χ1v) is 13.9. The Labute approximate surface area is 223 Å². The van der Waals surface area contributed by atoms with E-state index < -0.39 is 0 Å². The third-order valence-electron chi connectivity index (χ3n) is 9.17. The van der Waals surface area contributed by atoms with Gasteiger partial charge in [-0.25, -0.2) is 0 Å².